The van der Waals surface area contributed by atoms with Gasteiger partial charge in [0, 0.05) is 19.3 Å². The first-order chi connectivity index (χ1) is 14.3. The van der Waals surface area contributed by atoms with Gasteiger partial charge >= 0.3 is 0 Å². The van der Waals surface area contributed by atoms with Gasteiger partial charge in [-0.15, -0.1) is 0 Å². The molecule has 3 heterocycles. The number of ether oxygens (including phenoxy) is 1. The van der Waals surface area contributed by atoms with Crippen LogP contribution in [0.25, 0.3) is 5.65 Å². The molecule has 1 fully saturated rings. The molecule has 1 amide bonds. The van der Waals surface area contributed by atoms with Crippen LogP contribution in [0.3, 0.4) is 0 Å². The van der Waals surface area contributed by atoms with Gasteiger partial charge in [-0.25, -0.2) is 17.8 Å². The summed E-state index contributed by atoms with van der Waals surface area (Å²) in [6.07, 6.45) is 1.16. The molecule has 0 saturated carbocycles. The second kappa shape index (κ2) is 7.95. The lowest BCUT2D eigenvalue weighted by Crippen LogP contribution is -2.40. The lowest BCUT2D eigenvalue weighted by atomic mass is 10.2. The van der Waals surface area contributed by atoms with Crippen LogP contribution in [-0.2, 0) is 14.8 Å². The monoisotopic (exact) mass is 452 g/mol. The number of nitrogens with one attached hydrogen (secondary N) is 1. The Morgan fingerprint density at radius 1 is 1.23 bits per heavy atom. The van der Waals surface area contributed by atoms with Gasteiger partial charge in [-0.05, 0) is 37.3 Å². The lowest BCUT2D eigenvalue weighted by Gasteiger charge is -2.26. The molecule has 8 nitrogen and oxygen atoms in total. The van der Waals surface area contributed by atoms with Gasteiger partial charge in [0.05, 0.1) is 34.5 Å². The highest BCUT2D eigenvalue weighted by molar-refractivity contribution is 7.89. The molecule has 1 N–H and O–H groups in total. The minimum Gasteiger partial charge on any atom is -0.379 e. The van der Waals surface area contributed by atoms with Gasteiger partial charge in [-0.2, -0.15) is 4.31 Å². The molecule has 3 aromatic rings. The number of hydrogen-bond donors (Lipinski definition) is 1. The quantitative estimate of drug-likeness (QED) is 0.657. The number of imidazole rings is 1. The molecule has 1 aliphatic heterocycles. The molecule has 1 saturated heterocycles. The van der Waals surface area contributed by atoms with Crippen molar-refractivity contribution in [3.8, 4) is 0 Å². The van der Waals surface area contributed by atoms with E-state index < -0.39 is 21.7 Å². The Balaban J connectivity index is 1.67. The number of anilines is 1. The largest absolute Gasteiger partial charge is 0.379 e. The third-order valence-electron chi connectivity index (χ3n) is 4.77. The van der Waals surface area contributed by atoms with Crippen LogP contribution in [0.4, 0.5) is 10.1 Å². The van der Waals surface area contributed by atoms with Crippen molar-refractivity contribution in [1.29, 1.82) is 0 Å². The van der Waals surface area contributed by atoms with Crippen LogP contribution in [0.2, 0.25) is 5.02 Å². The van der Waals surface area contributed by atoms with E-state index in [1.807, 2.05) is 0 Å². The zero-order valence-corrected chi connectivity index (χ0v) is 17.5. The lowest BCUT2D eigenvalue weighted by molar-refractivity contribution is 0.0730. The second-order valence-electron chi connectivity index (χ2n) is 6.73. The van der Waals surface area contributed by atoms with E-state index in [9.17, 15) is 17.6 Å². The maximum atomic E-state index is 13.7. The topological polar surface area (TPSA) is 93.0 Å². The maximum Gasteiger partial charge on any atom is 0.274 e. The predicted molar refractivity (Wildman–Crippen MR) is 109 cm³/mol. The summed E-state index contributed by atoms with van der Waals surface area (Å²) >= 11 is 6.20. The number of benzene rings is 1. The normalized spacial score (nSPS) is 15.4. The summed E-state index contributed by atoms with van der Waals surface area (Å²) in [5.41, 5.74) is 1.06. The van der Waals surface area contributed by atoms with E-state index in [2.05, 4.69) is 10.3 Å². The Morgan fingerprint density at radius 3 is 2.70 bits per heavy atom. The van der Waals surface area contributed by atoms with Crippen LogP contribution >= 0.6 is 11.6 Å². The molecule has 1 aromatic carbocycles. The predicted octanol–water partition coefficient (Wildman–Crippen LogP) is 2.71. The van der Waals surface area contributed by atoms with Crippen LogP contribution in [0.15, 0.2) is 41.4 Å². The van der Waals surface area contributed by atoms with E-state index in [1.54, 1.807) is 6.92 Å². The summed E-state index contributed by atoms with van der Waals surface area (Å²) in [6.45, 7) is 2.76. The summed E-state index contributed by atoms with van der Waals surface area (Å²) in [5.74, 6) is -1.11. The van der Waals surface area contributed by atoms with Crippen LogP contribution in [-0.4, -0.2) is 54.3 Å². The minimum absolute atomic E-state index is 0.00464. The van der Waals surface area contributed by atoms with E-state index in [4.69, 9.17) is 16.3 Å². The summed E-state index contributed by atoms with van der Waals surface area (Å²) in [6, 6.07) is 6.81. The smallest absolute Gasteiger partial charge is 0.274 e. The molecular weight excluding hydrogens is 435 g/mol. The first-order valence-corrected chi connectivity index (χ1v) is 10.9. The molecule has 0 bridgehead atoms. The van der Waals surface area contributed by atoms with Gasteiger partial charge in [0.25, 0.3) is 5.91 Å². The second-order valence-corrected chi connectivity index (χ2v) is 9.08. The molecule has 0 radical (unpaired) electrons. The Bertz CT molecular complexity index is 1240. The van der Waals surface area contributed by atoms with Gasteiger partial charge in [-0.1, -0.05) is 11.6 Å². The number of aryl methyl sites for hydroxylation is 1. The number of aromatic nitrogens is 2. The number of carbonyl (C=O) groups excluding carboxylic acids is 1. The molecule has 158 valence electrons. The summed E-state index contributed by atoms with van der Waals surface area (Å²) in [5, 5.41) is 2.79. The molecule has 0 aliphatic carbocycles. The van der Waals surface area contributed by atoms with Gasteiger partial charge in [0.2, 0.25) is 10.0 Å². The number of nitrogens with zero attached hydrogens (tertiary/aromatic N) is 3. The highest BCUT2D eigenvalue weighted by Gasteiger charge is 2.27. The fourth-order valence-electron chi connectivity index (χ4n) is 3.29. The highest BCUT2D eigenvalue weighted by atomic mass is 35.5. The number of sulfonamides is 1. The molecule has 11 heteroatoms. The number of amides is 1. The molecule has 0 atom stereocenters. The minimum atomic E-state index is -3.76. The van der Waals surface area contributed by atoms with Crippen molar-refractivity contribution in [2.24, 2.45) is 0 Å². The third kappa shape index (κ3) is 3.79. The molecular formula is C19H18ClFN4O4S. The zero-order valence-electron chi connectivity index (χ0n) is 15.9. The summed E-state index contributed by atoms with van der Waals surface area (Å²) < 4.78 is 47.3. The number of pyridine rings is 1. The van der Waals surface area contributed by atoms with Gasteiger partial charge in [0.1, 0.15) is 17.2 Å². The summed E-state index contributed by atoms with van der Waals surface area (Å²) in [4.78, 5) is 17.2. The van der Waals surface area contributed by atoms with Crippen LogP contribution in [0.1, 0.15) is 16.2 Å². The van der Waals surface area contributed by atoms with Crippen molar-refractivity contribution >= 4 is 38.9 Å². The molecule has 0 spiro atoms. The number of morpholine rings is 1. The van der Waals surface area contributed by atoms with Crippen LogP contribution in [0, 0.1) is 12.7 Å². The Labute approximate surface area is 177 Å². The maximum absolute atomic E-state index is 13.7. The molecule has 4 rings (SSSR count). The van der Waals surface area contributed by atoms with Crippen LogP contribution in [0.5, 0.6) is 0 Å². The number of hydrogen-bond acceptors (Lipinski definition) is 5. The Kier molecular flexibility index (Phi) is 5.49. The van der Waals surface area contributed by atoms with E-state index in [0.29, 0.717) is 24.6 Å². The van der Waals surface area contributed by atoms with Gasteiger partial charge in [0.15, 0.2) is 0 Å². The standard InChI is InChI=1S/C19H18ClFN4O4S/c1-12-18(25-11-13(21)2-5-17(25)22-12)19(26)23-16-10-14(3-4-15(16)20)30(27,28)24-6-8-29-9-7-24/h2-5,10-11H,6-9H2,1H3,(H,23,26). The average Bonchev–Trinajstić information content (AvgIpc) is 3.05. The third-order valence-corrected chi connectivity index (χ3v) is 6.99. The van der Waals surface area contributed by atoms with Crippen molar-refractivity contribution in [3.05, 3.63) is 58.8 Å². The van der Waals surface area contributed by atoms with Gasteiger partial charge in [-0.3, -0.25) is 9.20 Å². The fourth-order valence-corrected chi connectivity index (χ4v) is 4.89. The number of rotatable bonds is 4. The first-order valence-electron chi connectivity index (χ1n) is 9.10. The number of carbonyl (C=O) groups is 1. The molecule has 0 unspecified atom stereocenters. The van der Waals surface area contributed by atoms with Crippen molar-refractivity contribution in [2.75, 3.05) is 31.6 Å². The SMILES string of the molecule is Cc1nc2ccc(F)cn2c1C(=O)Nc1cc(S(=O)(=O)N2CCOCC2)ccc1Cl. The van der Waals surface area contributed by atoms with E-state index in [1.165, 1.54) is 39.0 Å². The van der Waals surface area contributed by atoms with Crippen molar-refractivity contribution in [1.82, 2.24) is 13.7 Å². The van der Waals surface area contributed by atoms with Crippen molar-refractivity contribution < 1.29 is 22.3 Å². The fraction of sp³-hybridized carbons (Fsp3) is 0.263. The Hall–Kier alpha value is -2.53. The van der Waals surface area contributed by atoms with E-state index >= 15 is 0 Å². The first kappa shape index (κ1) is 20.7. The highest BCUT2D eigenvalue weighted by Crippen LogP contribution is 2.28. The van der Waals surface area contributed by atoms with E-state index in [-0.39, 0.29) is 34.4 Å². The Morgan fingerprint density at radius 2 is 1.97 bits per heavy atom. The zero-order chi connectivity index (χ0) is 21.5. The van der Waals surface area contributed by atoms with E-state index in [0.717, 1.165) is 6.20 Å². The number of halogens is 2. The van der Waals surface area contributed by atoms with Crippen molar-refractivity contribution in [2.45, 2.75) is 11.8 Å². The molecule has 2 aromatic heterocycles. The number of fused-ring (bicyclic) bond motifs is 1. The van der Waals surface area contributed by atoms with Crippen molar-refractivity contribution in [3.63, 3.8) is 0 Å². The summed E-state index contributed by atoms with van der Waals surface area (Å²) in [7, 11) is -3.76. The van der Waals surface area contributed by atoms with Gasteiger partial charge < -0.3 is 10.1 Å². The molecule has 1 aliphatic rings. The molecule has 30 heavy (non-hydrogen) atoms. The average molecular weight is 453 g/mol. The van der Waals surface area contributed by atoms with Crippen LogP contribution < -0.4 is 5.32 Å².